The van der Waals surface area contributed by atoms with Gasteiger partial charge in [0.15, 0.2) is 0 Å². The van der Waals surface area contributed by atoms with E-state index >= 15 is 0 Å². The third-order valence-electron chi connectivity index (χ3n) is 5.15. The Labute approximate surface area is 183 Å². The second-order valence-electron chi connectivity index (χ2n) is 7.08. The summed E-state index contributed by atoms with van der Waals surface area (Å²) in [5.41, 5.74) is 3.75. The lowest BCUT2D eigenvalue weighted by Crippen LogP contribution is -2.39. The third kappa shape index (κ3) is 4.56. The van der Waals surface area contributed by atoms with Crippen molar-refractivity contribution < 1.29 is 11.0 Å². The minimum Gasteiger partial charge on any atom is -0.412 e. The number of aromatic amines is 1. The number of H-pyrrole nitrogens is 1. The first kappa shape index (κ1) is 24.4. The Balaban J connectivity index is 0.00000181. The normalized spacial score (nSPS) is 10.3. The average Bonchev–Trinajstić information content (AvgIpc) is 3.30. The number of aromatic nitrogens is 6. The van der Waals surface area contributed by atoms with Crippen molar-refractivity contribution in [1.82, 2.24) is 29.8 Å². The lowest BCUT2D eigenvalue weighted by atomic mass is 9.94. The van der Waals surface area contributed by atoms with Gasteiger partial charge in [0.2, 0.25) is 5.82 Å². The van der Waals surface area contributed by atoms with Crippen LogP contribution in [0.15, 0.2) is 64.2 Å². The van der Waals surface area contributed by atoms with E-state index in [1.54, 1.807) is 10.6 Å². The molecule has 0 aliphatic carbocycles. The van der Waals surface area contributed by atoms with Crippen molar-refractivity contribution in [2.45, 2.75) is 26.3 Å². The molecule has 0 atom stereocenters. The van der Waals surface area contributed by atoms with Crippen LogP contribution in [-0.2, 0) is 20.0 Å². The topological polar surface area (TPSA) is 161 Å². The number of nitrogens with zero attached hydrogens (tertiary/aromatic N) is 5. The molecule has 0 fully saturated rings. The molecule has 2 heterocycles. The minimum atomic E-state index is -0.340. The van der Waals surface area contributed by atoms with Crippen LogP contribution in [0.2, 0.25) is 0 Å². The van der Waals surface area contributed by atoms with E-state index in [2.05, 4.69) is 20.6 Å². The summed E-state index contributed by atoms with van der Waals surface area (Å²) in [7, 11) is 1.50. The zero-order chi connectivity index (χ0) is 21.1. The van der Waals surface area contributed by atoms with Gasteiger partial charge in [-0.3, -0.25) is 13.9 Å². The van der Waals surface area contributed by atoms with E-state index in [-0.39, 0.29) is 28.7 Å². The van der Waals surface area contributed by atoms with Crippen molar-refractivity contribution in [1.29, 1.82) is 0 Å². The van der Waals surface area contributed by atoms with Crippen molar-refractivity contribution >= 4 is 0 Å². The summed E-state index contributed by atoms with van der Waals surface area (Å²) in [6, 6.07) is 17.4. The Kier molecular flexibility index (Phi) is 7.94. The highest BCUT2D eigenvalue weighted by atomic mass is 16.2. The monoisotopic (exact) mass is 438 g/mol. The van der Waals surface area contributed by atoms with Gasteiger partial charge in [-0.05, 0) is 28.3 Å². The highest BCUT2D eigenvalue weighted by Gasteiger charge is 2.18. The van der Waals surface area contributed by atoms with Crippen LogP contribution in [0.25, 0.3) is 22.5 Å². The average molecular weight is 438 g/mol. The Morgan fingerprint density at radius 2 is 1.69 bits per heavy atom. The molecule has 2 aromatic carbocycles. The van der Waals surface area contributed by atoms with Crippen LogP contribution in [-0.4, -0.2) is 40.7 Å². The maximum Gasteiger partial charge on any atom is 0.331 e. The van der Waals surface area contributed by atoms with Crippen LogP contribution in [0, 0.1) is 0 Å². The molecule has 0 aliphatic rings. The van der Waals surface area contributed by atoms with Gasteiger partial charge in [-0.25, -0.2) is 4.79 Å². The van der Waals surface area contributed by atoms with E-state index in [9.17, 15) is 9.59 Å². The Hall–Kier alpha value is -3.89. The van der Waals surface area contributed by atoms with Crippen molar-refractivity contribution in [3.05, 3.63) is 86.7 Å². The van der Waals surface area contributed by atoms with Crippen LogP contribution in [0.5, 0.6) is 0 Å². The molecule has 168 valence electrons. The lowest BCUT2D eigenvalue weighted by molar-refractivity contribution is 0.606. The molecule has 0 aliphatic heterocycles. The largest absolute Gasteiger partial charge is 0.412 e. The molecule has 0 radical (unpaired) electrons. The fraction of sp³-hybridized carbons (Fsp3) is 0.227. The maximum absolute atomic E-state index is 13.0. The minimum absolute atomic E-state index is 0. The van der Waals surface area contributed by atoms with Crippen LogP contribution in [0.4, 0.5) is 0 Å². The summed E-state index contributed by atoms with van der Waals surface area (Å²) in [5.74, 6) is 0.456. The van der Waals surface area contributed by atoms with Crippen LogP contribution < -0.4 is 11.2 Å². The molecule has 0 saturated carbocycles. The summed E-state index contributed by atoms with van der Waals surface area (Å²) in [5, 5.41) is 14.5. The molecule has 0 unspecified atom stereocenters. The molecule has 10 heteroatoms. The Bertz CT molecular complexity index is 1280. The number of hydrogen-bond acceptors (Lipinski definition) is 5. The van der Waals surface area contributed by atoms with Gasteiger partial charge in [-0.15, -0.1) is 10.2 Å². The van der Waals surface area contributed by atoms with Crippen LogP contribution in [0.3, 0.4) is 0 Å². The van der Waals surface area contributed by atoms with E-state index in [1.165, 1.54) is 7.05 Å². The number of benzene rings is 2. The molecule has 2 aromatic heterocycles. The zero-order valence-corrected chi connectivity index (χ0v) is 17.9. The van der Waals surface area contributed by atoms with Gasteiger partial charge in [0.05, 0.1) is 6.54 Å². The van der Waals surface area contributed by atoms with Gasteiger partial charge in [0.25, 0.3) is 5.56 Å². The second kappa shape index (κ2) is 10.4. The molecular formula is C22H26N6O4. The van der Waals surface area contributed by atoms with Gasteiger partial charge in [0, 0.05) is 24.4 Å². The first-order chi connectivity index (χ1) is 14.6. The predicted octanol–water partition coefficient (Wildman–Crippen LogP) is 0.745. The molecule has 0 amide bonds. The lowest BCUT2D eigenvalue weighted by Gasteiger charge is -2.18. The van der Waals surface area contributed by atoms with Crippen molar-refractivity contribution in [3.8, 4) is 22.5 Å². The smallest absolute Gasteiger partial charge is 0.331 e. The number of hydrogen-bond donors (Lipinski definition) is 1. The molecule has 0 spiro atoms. The number of rotatable bonds is 6. The molecule has 4 aromatic rings. The van der Waals surface area contributed by atoms with E-state index in [0.29, 0.717) is 17.9 Å². The molecular weight excluding hydrogens is 412 g/mol. The van der Waals surface area contributed by atoms with Gasteiger partial charge in [-0.2, -0.15) is 5.21 Å². The number of tetrazole rings is 1. The molecule has 0 bridgehead atoms. The van der Waals surface area contributed by atoms with E-state index < -0.39 is 0 Å². The van der Waals surface area contributed by atoms with Gasteiger partial charge in [0.1, 0.15) is 0 Å². The highest BCUT2D eigenvalue weighted by Crippen LogP contribution is 2.31. The fourth-order valence-electron chi connectivity index (χ4n) is 3.64. The standard InChI is InChI=1S/C22H22N6O2.2H2O/c1-3-8-16-13-20(29)27(2)22(30)28(16)14-19-17(15-9-5-4-6-10-15)11-7-12-18(19)21-23-25-26-24-21;;/h4-7,9-13H,3,8,14H2,1-2H3,(H,23,24,25,26);2*1H2. The maximum atomic E-state index is 13.0. The fourth-order valence-corrected chi connectivity index (χ4v) is 3.64. The Morgan fingerprint density at radius 3 is 2.34 bits per heavy atom. The Morgan fingerprint density at radius 1 is 0.969 bits per heavy atom. The quantitative estimate of drug-likeness (QED) is 0.469. The first-order valence-electron chi connectivity index (χ1n) is 9.81. The predicted molar refractivity (Wildman–Crippen MR) is 121 cm³/mol. The summed E-state index contributed by atoms with van der Waals surface area (Å²) in [4.78, 5) is 25.2. The number of nitrogens with one attached hydrogen (secondary N) is 1. The third-order valence-corrected chi connectivity index (χ3v) is 5.15. The van der Waals surface area contributed by atoms with Gasteiger partial charge < -0.3 is 11.0 Å². The molecule has 0 saturated heterocycles. The van der Waals surface area contributed by atoms with Gasteiger partial charge >= 0.3 is 5.69 Å². The second-order valence-corrected chi connectivity index (χ2v) is 7.08. The molecule has 4 rings (SSSR count). The molecule has 32 heavy (non-hydrogen) atoms. The van der Waals surface area contributed by atoms with E-state index in [1.807, 2.05) is 55.5 Å². The van der Waals surface area contributed by atoms with E-state index in [0.717, 1.165) is 33.2 Å². The first-order valence-corrected chi connectivity index (χ1v) is 9.81. The van der Waals surface area contributed by atoms with Gasteiger partial charge in [-0.1, -0.05) is 61.9 Å². The summed E-state index contributed by atoms with van der Waals surface area (Å²) in [6.45, 7) is 2.31. The molecule has 5 N–H and O–H groups in total. The summed E-state index contributed by atoms with van der Waals surface area (Å²) >= 11 is 0. The number of aryl methyl sites for hydroxylation is 1. The summed E-state index contributed by atoms with van der Waals surface area (Å²) in [6.07, 6.45) is 1.46. The van der Waals surface area contributed by atoms with Crippen LogP contribution in [0.1, 0.15) is 24.6 Å². The molecule has 10 nitrogen and oxygen atoms in total. The van der Waals surface area contributed by atoms with Crippen molar-refractivity contribution in [2.75, 3.05) is 0 Å². The van der Waals surface area contributed by atoms with E-state index in [4.69, 9.17) is 0 Å². The van der Waals surface area contributed by atoms with Crippen molar-refractivity contribution in [3.63, 3.8) is 0 Å². The zero-order valence-electron chi connectivity index (χ0n) is 17.9. The highest BCUT2D eigenvalue weighted by molar-refractivity contribution is 5.76. The van der Waals surface area contributed by atoms with Crippen LogP contribution >= 0.6 is 0 Å². The SMILES string of the molecule is CCCc1cc(=O)n(C)c(=O)n1Cc1c(-c2ccccc2)cccc1-c1nn[nH]n1.O.O. The van der Waals surface area contributed by atoms with Crippen molar-refractivity contribution in [2.24, 2.45) is 7.05 Å². The summed E-state index contributed by atoms with van der Waals surface area (Å²) < 4.78 is 2.80.